The summed E-state index contributed by atoms with van der Waals surface area (Å²) in [5.41, 5.74) is -0.576. The quantitative estimate of drug-likeness (QED) is 0.202. The van der Waals surface area contributed by atoms with Gasteiger partial charge >= 0.3 is 11.7 Å². The molecule has 0 aliphatic heterocycles. The summed E-state index contributed by atoms with van der Waals surface area (Å²) in [6.45, 7) is 7.10. The maximum Gasteiger partial charge on any atom is 0.346 e. The van der Waals surface area contributed by atoms with Crippen LogP contribution >= 0.6 is 15.9 Å². The first kappa shape index (κ1) is 25.0. The standard InChI is InChI=1S/C23H23BrN4O6/c1-13(21(30)33-5)34-19-14(7-6-8-18(19)28(31)32)12-25-27-20(29)16-11-15(24)9-10-17(16)26-22(27)23(2,3)4/h6-13H,1-5H3/t13-/m1/s1. The number of nitrogens with zero attached hydrogens (tertiary/aromatic N) is 4. The summed E-state index contributed by atoms with van der Waals surface area (Å²) in [6.07, 6.45) is 0.167. The lowest BCUT2D eigenvalue weighted by Gasteiger charge is -2.21. The number of hydrogen-bond acceptors (Lipinski definition) is 8. The Kier molecular flexibility index (Phi) is 7.15. The topological polar surface area (TPSA) is 126 Å². The Hall–Kier alpha value is -3.60. The molecule has 0 radical (unpaired) electrons. The number of benzene rings is 2. The van der Waals surface area contributed by atoms with E-state index in [4.69, 9.17) is 4.74 Å². The zero-order chi connectivity index (χ0) is 25.2. The van der Waals surface area contributed by atoms with Crippen LogP contribution in [-0.4, -0.2) is 40.0 Å². The molecule has 0 aliphatic rings. The molecule has 1 atom stereocenters. The Morgan fingerprint density at radius 3 is 2.62 bits per heavy atom. The fourth-order valence-electron chi connectivity index (χ4n) is 3.17. The highest BCUT2D eigenvalue weighted by atomic mass is 79.9. The molecular weight excluding hydrogens is 508 g/mol. The third-order valence-electron chi connectivity index (χ3n) is 4.84. The van der Waals surface area contributed by atoms with Crippen molar-refractivity contribution in [1.29, 1.82) is 0 Å². The van der Waals surface area contributed by atoms with Gasteiger partial charge in [0.2, 0.25) is 5.75 Å². The lowest BCUT2D eigenvalue weighted by Crippen LogP contribution is -2.29. The van der Waals surface area contributed by atoms with Crippen molar-refractivity contribution in [1.82, 2.24) is 9.66 Å². The molecule has 0 bridgehead atoms. The number of carbonyl (C=O) groups is 1. The minimum atomic E-state index is -1.11. The molecule has 34 heavy (non-hydrogen) atoms. The molecular formula is C23H23BrN4O6. The van der Waals surface area contributed by atoms with Crippen molar-refractivity contribution >= 4 is 44.7 Å². The van der Waals surface area contributed by atoms with Crippen molar-refractivity contribution in [2.45, 2.75) is 39.2 Å². The summed E-state index contributed by atoms with van der Waals surface area (Å²) in [5, 5.41) is 16.3. The number of carbonyl (C=O) groups excluding carboxylic acids is 1. The fraction of sp³-hybridized carbons (Fsp3) is 0.304. The molecule has 0 saturated heterocycles. The molecule has 11 heteroatoms. The number of rotatable bonds is 6. The van der Waals surface area contributed by atoms with Gasteiger partial charge in [-0.3, -0.25) is 14.9 Å². The second-order valence-electron chi connectivity index (χ2n) is 8.44. The highest BCUT2D eigenvalue weighted by Crippen LogP contribution is 2.31. The number of fused-ring (bicyclic) bond motifs is 1. The van der Waals surface area contributed by atoms with Crippen LogP contribution in [0.5, 0.6) is 5.75 Å². The summed E-state index contributed by atoms with van der Waals surface area (Å²) in [7, 11) is 1.19. The van der Waals surface area contributed by atoms with Crippen molar-refractivity contribution in [3.05, 3.63) is 72.7 Å². The Morgan fingerprint density at radius 2 is 2.00 bits per heavy atom. The number of nitro groups is 1. The Labute approximate surface area is 203 Å². The van der Waals surface area contributed by atoms with E-state index in [9.17, 15) is 19.7 Å². The third-order valence-corrected chi connectivity index (χ3v) is 5.33. The molecule has 1 heterocycles. The molecule has 0 unspecified atom stereocenters. The van der Waals surface area contributed by atoms with E-state index in [0.29, 0.717) is 21.2 Å². The summed E-state index contributed by atoms with van der Waals surface area (Å²) in [5.74, 6) is -0.466. The highest BCUT2D eigenvalue weighted by molar-refractivity contribution is 9.10. The minimum absolute atomic E-state index is 0.170. The van der Waals surface area contributed by atoms with E-state index < -0.39 is 28.0 Å². The van der Waals surface area contributed by atoms with Crippen LogP contribution in [0, 0.1) is 10.1 Å². The van der Waals surface area contributed by atoms with Gasteiger partial charge in [0.05, 0.1) is 29.2 Å². The van der Waals surface area contributed by atoms with E-state index in [0.717, 1.165) is 0 Å². The largest absolute Gasteiger partial charge is 0.471 e. The Balaban J connectivity index is 2.21. The molecule has 0 N–H and O–H groups in total. The molecule has 3 aromatic rings. The van der Waals surface area contributed by atoms with E-state index in [1.54, 1.807) is 18.2 Å². The molecule has 0 saturated carbocycles. The lowest BCUT2D eigenvalue weighted by atomic mass is 9.95. The van der Waals surface area contributed by atoms with Gasteiger partial charge in [0.15, 0.2) is 6.10 Å². The molecule has 0 amide bonds. The van der Waals surface area contributed by atoms with Crippen LogP contribution in [0.25, 0.3) is 10.9 Å². The van der Waals surface area contributed by atoms with Gasteiger partial charge in [0.1, 0.15) is 5.82 Å². The third kappa shape index (κ3) is 5.14. The van der Waals surface area contributed by atoms with Crippen LogP contribution in [0.2, 0.25) is 0 Å². The number of esters is 1. The zero-order valence-corrected chi connectivity index (χ0v) is 20.8. The van der Waals surface area contributed by atoms with Crippen LogP contribution in [-0.2, 0) is 14.9 Å². The second kappa shape index (κ2) is 9.72. The summed E-state index contributed by atoms with van der Waals surface area (Å²) in [6, 6.07) is 9.43. The number of methoxy groups -OCH3 is 1. The van der Waals surface area contributed by atoms with Gasteiger partial charge in [-0.05, 0) is 31.2 Å². The average molecular weight is 531 g/mol. The van der Waals surface area contributed by atoms with E-state index in [-0.39, 0.29) is 17.0 Å². The summed E-state index contributed by atoms with van der Waals surface area (Å²) < 4.78 is 12.1. The average Bonchev–Trinajstić information content (AvgIpc) is 2.77. The van der Waals surface area contributed by atoms with Crippen molar-refractivity contribution in [3.63, 3.8) is 0 Å². The second-order valence-corrected chi connectivity index (χ2v) is 9.36. The van der Waals surface area contributed by atoms with Gasteiger partial charge in [-0.15, -0.1) is 0 Å². The van der Waals surface area contributed by atoms with E-state index in [2.05, 4.69) is 30.8 Å². The van der Waals surface area contributed by atoms with Crippen LogP contribution in [0.15, 0.2) is 50.8 Å². The van der Waals surface area contributed by atoms with Gasteiger partial charge in [0, 0.05) is 21.5 Å². The maximum atomic E-state index is 13.3. The lowest BCUT2D eigenvalue weighted by molar-refractivity contribution is -0.386. The SMILES string of the molecule is COC(=O)[C@@H](C)Oc1c(C=Nn2c(C(C)(C)C)nc3ccc(Br)cc3c2=O)cccc1[N+](=O)[O-]. The highest BCUT2D eigenvalue weighted by Gasteiger charge is 2.25. The van der Waals surface area contributed by atoms with Crippen molar-refractivity contribution in [2.24, 2.45) is 5.10 Å². The number of para-hydroxylation sites is 1. The molecule has 1 aromatic heterocycles. The Morgan fingerprint density at radius 1 is 1.29 bits per heavy atom. The fourth-order valence-corrected chi connectivity index (χ4v) is 3.53. The van der Waals surface area contributed by atoms with Crippen molar-refractivity contribution in [3.8, 4) is 5.75 Å². The number of hydrogen-bond donors (Lipinski definition) is 0. The van der Waals surface area contributed by atoms with Crippen LogP contribution in [0.1, 0.15) is 39.1 Å². The summed E-state index contributed by atoms with van der Waals surface area (Å²) in [4.78, 5) is 40.7. The van der Waals surface area contributed by atoms with Crippen LogP contribution < -0.4 is 10.3 Å². The van der Waals surface area contributed by atoms with Gasteiger partial charge in [-0.2, -0.15) is 9.78 Å². The van der Waals surface area contributed by atoms with Gasteiger partial charge in [-0.25, -0.2) is 9.78 Å². The molecule has 0 aliphatic carbocycles. The van der Waals surface area contributed by atoms with E-state index in [1.807, 2.05) is 20.8 Å². The first-order valence-electron chi connectivity index (χ1n) is 10.2. The van der Waals surface area contributed by atoms with Crippen LogP contribution in [0.4, 0.5) is 5.69 Å². The monoisotopic (exact) mass is 530 g/mol. The van der Waals surface area contributed by atoms with E-state index >= 15 is 0 Å². The molecule has 0 fully saturated rings. The molecule has 2 aromatic carbocycles. The minimum Gasteiger partial charge on any atom is -0.471 e. The van der Waals surface area contributed by atoms with Gasteiger partial charge in [-0.1, -0.05) is 42.8 Å². The number of nitro benzene ring substituents is 1. The molecule has 10 nitrogen and oxygen atoms in total. The Bertz CT molecular complexity index is 1360. The molecule has 178 valence electrons. The number of aromatic nitrogens is 2. The predicted octanol–water partition coefficient (Wildman–Crippen LogP) is 4.19. The van der Waals surface area contributed by atoms with Gasteiger partial charge < -0.3 is 9.47 Å². The van der Waals surface area contributed by atoms with Gasteiger partial charge in [0.25, 0.3) is 5.56 Å². The molecule has 0 spiro atoms. The number of ether oxygens (including phenoxy) is 2. The normalized spacial score (nSPS) is 12.6. The maximum absolute atomic E-state index is 13.3. The van der Waals surface area contributed by atoms with E-state index in [1.165, 1.54) is 43.1 Å². The number of halogens is 1. The first-order valence-corrected chi connectivity index (χ1v) is 11.0. The van der Waals surface area contributed by atoms with Crippen molar-refractivity contribution in [2.75, 3.05) is 7.11 Å². The zero-order valence-electron chi connectivity index (χ0n) is 19.2. The smallest absolute Gasteiger partial charge is 0.346 e. The molecule has 3 rings (SSSR count). The predicted molar refractivity (Wildman–Crippen MR) is 131 cm³/mol. The first-order chi connectivity index (χ1) is 15.9. The van der Waals surface area contributed by atoms with Crippen LogP contribution in [0.3, 0.4) is 0 Å². The summed E-state index contributed by atoms with van der Waals surface area (Å²) >= 11 is 3.36. The van der Waals surface area contributed by atoms with Crippen molar-refractivity contribution < 1.29 is 19.2 Å².